The quantitative estimate of drug-likeness (QED) is 0.813. The highest BCUT2D eigenvalue weighted by Crippen LogP contribution is 2.32. The van der Waals surface area contributed by atoms with Gasteiger partial charge in [0.2, 0.25) is 5.91 Å². The summed E-state index contributed by atoms with van der Waals surface area (Å²) in [4.78, 5) is 26.3. The summed E-state index contributed by atoms with van der Waals surface area (Å²) in [7, 11) is 0. The smallest absolute Gasteiger partial charge is 0.223 e. The van der Waals surface area contributed by atoms with Gasteiger partial charge in [0.1, 0.15) is 4.34 Å². The van der Waals surface area contributed by atoms with Gasteiger partial charge < -0.3 is 10.6 Å². The molecule has 1 fully saturated rings. The van der Waals surface area contributed by atoms with Crippen LogP contribution in [0.4, 0.5) is 0 Å². The highest BCUT2D eigenvalue weighted by atomic mass is 35.5. The summed E-state index contributed by atoms with van der Waals surface area (Å²) in [5, 5.41) is 0. The molecule has 0 radical (unpaired) electrons. The van der Waals surface area contributed by atoms with Crippen molar-refractivity contribution in [2.45, 2.75) is 38.6 Å². The molecular formula is C15H20Cl2N2O2S. The number of carbonyl (C=O) groups excluding carboxylic acids is 2. The Hall–Kier alpha value is -0.620. The van der Waals surface area contributed by atoms with Crippen LogP contribution in [0.3, 0.4) is 0 Å². The maximum atomic E-state index is 12.4. The molecular weight excluding hydrogens is 343 g/mol. The van der Waals surface area contributed by atoms with Crippen molar-refractivity contribution in [3.63, 3.8) is 0 Å². The summed E-state index contributed by atoms with van der Waals surface area (Å²) in [5.41, 5.74) is 6.18. The number of nitrogens with zero attached hydrogens (tertiary/aromatic N) is 1. The van der Waals surface area contributed by atoms with Crippen LogP contribution in [0.1, 0.15) is 43.0 Å². The molecule has 122 valence electrons. The van der Waals surface area contributed by atoms with Crippen LogP contribution in [0.15, 0.2) is 6.07 Å². The molecule has 7 heteroatoms. The highest BCUT2D eigenvalue weighted by molar-refractivity contribution is 7.20. The molecule has 2 N–H and O–H groups in total. The molecule has 2 heterocycles. The minimum Gasteiger partial charge on any atom is -0.338 e. The van der Waals surface area contributed by atoms with Crippen molar-refractivity contribution in [1.82, 2.24) is 4.90 Å². The largest absolute Gasteiger partial charge is 0.338 e. The zero-order valence-corrected chi connectivity index (χ0v) is 14.8. The molecule has 0 bridgehead atoms. The summed E-state index contributed by atoms with van der Waals surface area (Å²) < 4.78 is 0.863. The van der Waals surface area contributed by atoms with Crippen molar-refractivity contribution in [3.8, 4) is 0 Å². The van der Waals surface area contributed by atoms with E-state index in [0.717, 1.165) is 30.7 Å². The van der Waals surface area contributed by atoms with E-state index in [2.05, 4.69) is 6.92 Å². The summed E-state index contributed by atoms with van der Waals surface area (Å²) in [6.07, 6.45) is 2.26. The number of carbonyl (C=O) groups is 2. The lowest BCUT2D eigenvalue weighted by molar-refractivity contribution is -0.135. The maximum Gasteiger partial charge on any atom is 0.223 e. The molecule has 0 aromatic carbocycles. The number of ketones is 1. The number of piperidine rings is 1. The molecule has 4 nitrogen and oxygen atoms in total. The fourth-order valence-electron chi connectivity index (χ4n) is 2.83. The first-order valence-electron chi connectivity index (χ1n) is 7.40. The molecule has 1 amide bonds. The average molecular weight is 363 g/mol. The minimum atomic E-state index is -0.142. The molecule has 0 saturated carbocycles. The van der Waals surface area contributed by atoms with E-state index in [1.807, 2.05) is 4.90 Å². The first-order valence-corrected chi connectivity index (χ1v) is 8.97. The number of likely N-dealkylation sites (tertiary alicyclic amines) is 1. The van der Waals surface area contributed by atoms with E-state index >= 15 is 0 Å². The van der Waals surface area contributed by atoms with Gasteiger partial charge in [-0.2, -0.15) is 0 Å². The van der Waals surface area contributed by atoms with Crippen molar-refractivity contribution in [1.29, 1.82) is 0 Å². The van der Waals surface area contributed by atoms with E-state index in [1.54, 1.807) is 6.07 Å². The van der Waals surface area contributed by atoms with Crippen molar-refractivity contribution in [2.24, 2.45) is 11.7 Å². The zero-order chi connectivity index (χ0) is 16.3. The number of thiophene rings is 1. The monoisotopic (exact) mass is 362 g/mol. The first kappa shape index (κ1) is 17.7. The molecule has 1 saturated heterocycles. The molecule has 2 unspecified atom stereocenters. The Morgan fingerprint density at radius 2 is 2.14 bits per heavy atom. The summed E-state index contributed by atoms with van der Waals surface area (Å²) in [5.74, 6) is 0.440. The SMILES string of the molecule is CC1CCN(C(=O)CCC(=O)c2cc(Cl)sc2Cl)C(CN)C1. The Labute approximate surface area is 144 Å². The number of hydrogen-bond donors (Lipinski definition) is 1. The predicted molar refractivity (Wildman–Crippen MR) is 90.9 cm³/mol. The third-order valence-electron chi connectivity index (χ3n) is 4.09. The van der Waals surface area contributed by atoms with E-state index < -0.39 is 0 Å². The number of amides is 1. The molecule has 1 aliphatic rings. The maximum absolute atomic E-state index is 12.4. The lowest BCUT2D eigenvalue weighted by Crippen LogP contribution is -2.49. The van der Waals surface area contributed by atoms with Crippen LogP contribution >= 0.6 is 34.5 Å². The zero-order valence-electron chi connectivity index (χ0n) is 12.5. The molecule has 22 heavy (non-hydrogen) atoms. The van der Waals surface area contributed by atoms with Crippen LogP contribution in [0.25, 0.3) is 0 Å². The van der Waals surface area contributed by atoms with E-state index in [0.29, 0.717) is 26.7 Å². The van der Waals surface area contributed by atoms with Gasteiger partial charge in [-0.1, -0.05) is 30.1 Å². The van der Waals surface area contributed by atoms with Crippen LogP contribution in [0.5, 0.6) is 0 Å². The van der Waals surface area contributed by atoms with Gasteiger partial charge >= 0.3 is 0 Å². The lowest BCUT2D eigenvalue weighted by Gasteiger charge is -2.38. The van der Waals surface area contributed by atoms with Crippen molar-refractivity contribution in [3.05, 3.63) is 20.3 Å². The second kappa shape index (κ2) is 7.77. The van der Waals surface area contributed by atoms with Gasteiger partial charge in [-0.25, -0.2) is 0 Å². The van der Waals surface area contributed by atoms with Crippen LogP contribution in [0.2, 0.25) is 8.67 Å². The molecule has 1 aromatic rings. The van der Waals surface area contributed by atoms with E-state index in [4.69, 9.17) is 28.9 Å². The van der Waals surface area contributed by atoms with Crippen LogP contribution in [0, 0.1) is 5.92 Å². The number of rotatable bonds is 5. The van der Waals surface area contributed by atoms with Gasteiger partial charge in [0.15, 0.2) is 5.78 Å². The number of Topliss-reactive ketones (excluding diaryl/α,β-unsaturated/α-hetero) is 1. The normalized spacial score (nSPS) is 21.9. The first-order chi connectivity index (χ1) is 10.4. The Bertz CT molecular complexity index is 562. The Morgan fingerprint density at radius 1 is 1.41 bits per heavy atom. The Morgan fingerprint density at radius 3 is 2.73 bits per heavy atom. The molecule has 2 rings (SSSR count). The lowest BCUT2D eigenvalue weighted by atomic mass is 9.92. The summed E-state index contributed by atoms with van der Waals surface area (Å²) >= 11 is 13.0. The third kappa shape index (κ3) is 4.22. The number of nitrogens with two attached hydrogens (primary N) is 1. The number of halogens is 2. The molecule has 0 spiro atoms. The van der Waals surface area contributed by atoms with E-state index in [-0.39, 0.29) is 30.6 Å². The second-order valence-corrected chi connectivity index (χ2v) is 8.05. The molecule has 1 aliphatic heterocycles. The summed E-state index contributed by atoms with van der Waals surface area (Å²) in [6.45, 7) is 3.37. The highest BCUT2D eigenvalue weighted by Gasteiger charge is 2.29. The van der Waals surface area contributed by atoms with Crippen molar-refractivity contribution >= 4 is 46.2 Å². The van der Waals surface area contributed by atoms with Gasteiger partial charge in [-0.3, -0.25) is 9.59 Å². The Kier molecular flexibility index (Phi) is 6.26. The Balaban J connectivity index is 1.92. The van der Waals surface area contributed by atoms with Gasteiger partial charge in [0.05, 0.1) is 4.34 Å². The second-order valence-electron chi connectivity index (χ2n) is 5.77. The summed E-state index contributed by atoms with van der Waals surface area (Å²) in [6, 6.07) is 1.65. The third-order valence-corrected chi connectivity index (χ3v) is 5.58. The molecule has 0 aliphatic carbocycles. The van der Waals surface area contributed by atoms with Gasteiger partial charge in [-0.05, 0) is 24.8 Å². The molecule has 2 atom stereocenters. The van der Waals surface area contributed by atoms with Crippen molar-refractivity contribution in [2.75, 3.05) is 13.1 Å². The van der Waals surface area contributed by atoms with Crippen LogP contribution in [-0.4, -0.2) is 35.7 Å². The van der Waals surface area contributed by atoms with Gasteiger partial charge in [0, 0.05) is 37.5 Å². The fraction of sp³-hybridized carbons (Fsp3) is 0.600. The minimum absolute atomic E-state index is 0.00634. The van der Waals surface area contributed by atoms with Crippen molar-refractivity contribution < 1.29 is 9.59 Å². The standard InChI is InChI=1S/C15H20Cl2N2O2S/c1-9-4-5-19(10(6-9)8-18)14(21)3-2-12(20)11-7-13(16)22-15(11)17/h7,9-10H,2-6,8,18H2,1H3. The van der Waals surface area contributed by atoms with E-state index in [9.17, 15) is 9.59 Å². The van der Waals surface area contributed by atoms with E-state index in [1.165, 1.54) is 0 Å². The average Bonchev–Trinajstić information content (AvgIpc) is 2.83. The van der Waals surface area contributed by atoms with Gasteiger partial charge in [0.25, 0.3) is 0 Å². The topological polar surface area (TPSA) is 63.4 Å². The van der Waals surface area contributed by atoms with Gasteiger partial charge in [-0.15, -0.1) is 11.3 Å². The molecule has 1 aromatic heterocycles. The fourth-order valence-corrected chi connectivity index (χ4v) is 4.33. The predicted octanol–water partition coefficient (Wildman–Crippen LogP) is 3.60. The number of hydrogen-bond acceptors (Lipinski definition) is 4. The van der Waals surface area contributed by atoms with Crippen LogP contribution < -0.4 is 5.73 Å². The van der Waals surface area contributed by atoms with Crippen LogP contribution in [-0.2, 0) is 4.79 Å².